The summed E-state index contributed by atoms with van der Waals surface area (Å²) in [7, 11) is 0. The summed E-state index contributed by atoms with van der Waals surface area (Å²) in [6.45, 7) is 3.23. The van der Waals surface area contributed by atoms with Crippen LogP contribution in [0.3, 0.4) is 0 Å². The third kappa shape index (κ3) is 2.13. The number of fused-ring (bicyclic) bond motifs is 1. The van der Waals surface area contributed by atoms with Gasteiger partial charge in [0.25, 0.3) is 5.91 Å². The highest BCUT2D eigenvalue weighted by Gasteiger charge is 2.33. The van der Waals surface area contributed by atoms with Crippen LogP contribution in [0.2, 0.25) is 0 Å². The number of para-hydroxylation sites is 1. The molecule has 1 amide bonds. The maximum atomic E-state index is 12.7. The van der Waals surface area contributed by atoms with Gasteiger partial charge in [-0.25, -0.2) is 4.98 Å². The first-order valence-electron chi connectivity index (χ1n) is 6.73. The molecule has 2 N–H and O–H groups in total. The second-order valence-electron chi connectivity index (χ2n) is 5.02. The van der Waals surface area contributed by atoms with E-state index in [0.29, 0.717) is 19.0 Å². The zero-order valence-corrected chi connectivity index (χ0v) is 12.2. The summed E-state index contributed by atoms with van der Waals surface area (Å²) in [6.07, 6.45) is 0.905. The Morgan fingerprint density at radius 1 is 1.50 bits per heavy atom. The molecule has 20 heavy (non-hydrogen) atoms. The van der Waals surface area contributed by atoms with Gasteiger partial charge >= 0.3 is 0 Å². The van der Waals surface area contributed by atoms with Crippen molar-refractivity contribution in [1.82, 2.24) is 4.98 Å². The Morgan fingerprint density at radius 3 is 3.00 bits per heavy atom. The number of hydrogen-bond donors (Lipinski definition) is 1. The molecule has 3 rings (SSSR count). The lowest BCUT2D eigenvalue weighted by Crippen LogP contribution is -2.30. The Balaban J connectivity index is 1.96. The number of amides is 1. The van der Waals surface area contributed by atoms with Gasteiger partial charge < -0.3 is 10.6 Å². The van der Waals surface area contributed by atoms with Crippen molar-refractivity contribution in [1.29, 1.82) is 0 Å². The van der Waals surface area contributed by atoms with Crippen LogP contribution in [0, 0.1) is 6.92 Å². The van der Waals surface area contributed by atoms with Gasteiger partial charge in [0.15, 0.2) is 0 Å². The van der Waals surface area contributed by atoms with Gasteiger partial charge in [0, 0.05) is 18.2 Å². The Bertz CT molecular complexity index is 638. The Kier molecular flexibility index (Phi) is 3.54. The number of thiazole rings is 1. The van der Waals surface area contributed by atoms with E-state index >= 15 is 0 Å². The molecule has 1 aliphatic heterocycles. The lowest BCUT2D eigenvalue weighted by molar-refractivity contribution is 0.0991. The smallest absolute Gasteiger partial charge is 0.270 e. The molecule has 1 aromatic heterocycles. The van der Waals surface area contributed by atoms with E-state index in [0.717, 1.165) is 22.7 Å². The first-order valence-corrected chi connectivity index (χ1v) is 7.61. The van der Waals surface area contributed by atoms with E-state index < -0.39 is 0 Å². The molecule has 4 nitrogen and oxygen atoms in total. The molecule has 1 aliphatic rings. The van der Waals surface area contributed by atoms with E-state index in [1.165, 1.54) is 16.9 Å². The molecule has 0 radical (unpaired) electrons. The normalized spacial score (nSPS) is 17.3. The number of rotatable bonds is 3. The summed E-state index contributed by atoms with van der Waals surface area (Å²) in [4.78, 5) is 19.5. The zero-order valence-electron chi connectivity index (χ0n) is 11.4. The monoisotopic (exact) mass is 287 g/mol. The summed E-state index contributed by atoms with van der Waals surface area (Å²) in [5.74, 6) is 0.394. The summed E-state index contributed by atoms with van der Waals surface area (Å²) in [6, 6.07) is 8.11. The highest BCUT2D eigenvalue weighted by Crippen LogP contribution is 2.38. The topological polar surface area (TPSA) is 59.2 Å². The zero-order chi connectivity index (χ0) is 14.1. The highest BCUT2D eigenvalue weighted by atomic mass is 32.1. The minimum Gasteiger partial charge on any atom is -0.330 e. The first-order chi connectivity index (χ1) is 9.72. The summed E-state index contributed by atoms with van der Waals surface area (Å²) in [5.41, 5.74) is 10.5. The SMILES string of the molecule is Cc1ncsc1C(=O)N1CC(CCN)c2ccccc21. The number of nitrogens with two attached hydrogens (primary N) is 1. The van der Waals surface area contributed by atoms with Crippen LogP contribution < -0.4 is 10.6 Å². The number of carbonyl (C=O) groups is 1. The molecule has 2 aromatic rings. The number of aryl methyl sites for hydroxylation is 1. The Morgan fingerprint density at radius 2 is 2.30 bits per heavy atom. The molecule has 104 valence electrons. The third-order valence-electron chi connectivity index (χ3n) is 3.77. The van der Waals surface area contributed by atoms with Gasteiger partial charge in [-0.05, 0) is 31.5 Å². The van der Waals surface area contributed by atoms with Crippen molar-refractivity contribution < 1.29 is 4.79 Å². The van der Waals surface area contributed by atoms with Crippen LogP contribution in [0.5, 0.6) is 0 Å². The van der Waals surface area contributed by atoms with Gasteiger partial charge in [-0.3, -0.25) is 4.79 Å². The van der Waals surface area contributed by atoms with Crippen LogP contribution in [0.25, 0.3) is 0 Å². The lowest BCUT2D eigenvalue weighted by atomic mass is 9.98. The maximum absolute atomic E-state index is 12.7. The quantitative estimate of drug-likeness (QED) is 0.943. The molecule has 0 bridgehead atoms. The number of nitrogens with zero attached hydrogens (tertiary/aromatic N) is 2. The van der Waals surface area contributed by atoms with E-state index in [1.54, 1.807) is 5.51 Å². The van der Waals surface area contributed by atoms with Crippen LogP contribution in [-0.2, 0) is 0 Å². The summed E-state index contributed by atoms with van der Waals surface area (Å²) >= 11 is 1.41. The number of hydrogen-bond acceptors (Lipinski definition) is 4. The molecule has 2 heterocycles. The Labute approximate surface area is 122 Å². The molecule has 0 aliphatic carbocycles. The van der Waals surface area contributed by atoms with Crippen molar-refractivity contribution in [2.24, 2.45) is 5.73 Å². The molecule has 1 aromatic carbocycles. The Hall–Kier alpha value is -1.72. The number of benzene rings is 1. The molecular formula is C15H17N3OS. The van der Waals surface area contributed by atoms with Crippen LogP contribution in [0.4, 0.5) is 5.69 Å². The van der Waals surface area contributed by atoms with Gasteiger partial charge in [-0.1, -0.05) is 18.2 Å². The maximum Gasteiger partial charge on any atom is 0.270 e. The van der Waals surface area contributed by atoms with Crippen molar-refractivity contribution in [2.45, 2.75) is 19.3 Å². The largest absolute Gasteiger partial charge is 0.330 e. The predicted molar refractivity (Wildman–Crippen MR) is 81.4 cm³/mol. The van der Waals surface area contributed by atoms with Crippen LogP contribution in [0.1, 0.15) is 33.3 Å². The van der Waals surface area contributed by atoms with E-state index in [9.17, 15) is 4.79 Å². The first kappa shape index (κ1) is 13.3. The fraction of sp³-hybridized carbons (Fsp3) is 0.333. The molecule has 0 saturated carbocycles. The summed E-state index contributed by atoms with van der Waals surface area (Å²) < 4.78 is 0. The van der Waals surface area contributed by atoms with Gasteiger partial charge in [0.05, 0.1) is 11.2 Å². The second kappa shape index (κ2) is 5.34. The van der Waals surface area contributed by atoms with Gasteiger partial charge in [0.1, 0.15) is 4.88 Å². The fourth-order valence-electron chi connectivity index (χ4n) is 2.77. The minimum absolute atomic E-state index is 0.0528. The molecule has 1 atom stereocenters. The third-order valence-corrected chi connectivity index (χ3v) is 4.69. The molecular weight excluding hydrogens is 270 g/mol. The predicted octanol–water partition coefficient (Wildman–Crippen LogP) is 2.54. The van der Waals surface area contributed by atoms with Crippen LogP contribution in [0.15, 0.2) is 29.8 Å². The van der Waals surface area contributed by atoms with Crippen molar-refractivity contribution in [2.75, 3.05) is 18.0 Å². The van der Waals surface area contributed by atoms with Crippen molar-refractivity contribution in [3.8, 4) is 0 Å². The average molecular weight is 287 g/mol. The average Bonchev–Trinajstić information content (AvgIpc) is 3.03. The molecule has 0 saturated heterocycles. The van der Waals surface area contributed by atoms with Crippen molar-refractivity contribution in [3.63, 3.8) is 0 Å². The van der Waals surface area contributed by atoms with Gasteiger partial charge in [-0.15, -0.1) is 11.3 Å². The highest BCUT2D eigenvalue weighted by molar-refractivity contribution is 7.12. The van der Waals surface area contributed by atoms with Crippen molar-refractivity contribution >= 4 is 22.9 Å². The second-order valence-corrected chi connectivity index (χ2v) is 5.87. The molecule has 5 heteroatoms. The minimum atomic E-state index is 0.0528. The number of anilines is 1. The van der Waals surface area contributed by atoms with Gasteiger partial charge in [-0.2, -0.15) is 0 Å². The molecule has 0 fully saturated rings. The molecule has 1 unspecified atom stereocenters. The van der Waals surface area contributed by atoms with E-state index in [4.69, 9.17) is 5.73 Å². The standard InChI is InChI=1S/C15H17N3OS/c1-10-14(20-9-17-10)15(19)18-8-11(6-7-16)12-4-2-3-5-13(12)18/h2-5,9,11H,6-8,16H2,1H3. The van der Waals surface area contributed by atoms with Gasteiger partial charge in [0.2, 0.25) is 0 Å². The van der Waals surface area contributed by atoms with Crippen LogP contribution in [-0.4, -0.2) is 24.0 Å². The number of aromatic nitrogens is 1. The molecule has 0 spiro atoms. The van der Waals surface area contributed by atoms with E-state index in [1.807, 2.05) is 30.0 Å². The van der Waals surface area contributed by atoms with Crippen molar-refractivity contribution in [3.05, 3.63) is 45.9 Å². The van der Waals surface area contributed by atoms with Crippen LogP contribution >= 0.6 is 11.3 Å². The summed E-state index contributed by atoms with van der Waals surface area (Å²) in [5, 5.41) is 0. The fourth-order valence-corrected chi connectivity index (χ4v) is 3.52. The lowest BCUT2D eigenvalue weighted by Gasteiger charge is -2.17. The van der Waals surface area contributed by atoms with E-state index in [-0.39, 0.29) is 5.91 Å². The van der Waals surface area contributed by atoms with E-state index in [2.05, 4.69) is 11.1 Å². The number of carbonyl (C=O) groups excluding carboxylic acids is 1.